The van der Waals surface area contributed by atoms with Crippen molar-refractivity contribution in [3.8, 4) is 0 Å². The standard InChI is InChI=1S/C16H20N2O4S/c19-15-9-12-8-14(7-11-3-1-5-18(15)16(11)12)23(20,21)17-10-13-4-2-6-22-13/h7-8,13,17H,1-6,9-10H2. The number of benzene rings is 1. The molecule has 0 aliphatic carbocycles. The summed E-state index contributed by atoms with van der Waals surface area (Å²) in [5.41, 5.74) is 2.75. The Kier molecular flexibility index (Phi) is 3.66. The average molecular weight is 336 g/mol. The zero-order valence-corrected chi connectivity index (χ0v) is 13.7. The number of aryl methyl sites for hydroxylation is 1. The molecule has 3 aliphatic rings. The third-order valence-electron chi connectivity index (χ3n) is 4.82. The van der Waals surface area contributed by atoms with Crippen LogP contribution in [0.3, 0.4) is 0 Å². The van der Waals surface area contributed by atoms with E-state index in [9.17, 15) is 13.2 Å². The molecule has 3 heterocycles. The number of ether oxygens (including phenoxy) is 1. The van der Waals surface area contributed by atoms with Crippen LogP contribution in [-0.4, -0.2) is 40.1 Å². The Morgan fingerprint density at radius 1 is 1.26 bits per heavy atom. The monoisotopic (exact) mass is 336 g/mol. The highest BCUT2D eigenvalue weighted by Crippen LogP contribution is 2.38. The van der Waals surface area contributed by atoms with Crippen molar-refractivity contribution >= 4 is 21.6 Å². The molecule has 23 heavy (non-hydrogen) atoms. The number of amides is 1. The van der Waals surface area contributed by atoms with Gasteiger partial charge in [0.1, 0.15) is 0 Å². The number of carbonyl (C=O) groups excluding carboxylic acids is 1. The number of sulfonamides is 1. The van der Waals surface area contributed by atoms with E-state index < -0.39 is 10.0 Å². The van der Waals surface area contributed by atoms with Crippen molar-refractivity contribution in [1.29, 1.82) is 0 Å². The molecule has 1 aromatic rings. The number of nitrogens with zero attached hydrogens (tertiary/aromatic N) is 1. The Labute approximate surface area is 135 Å². The second-order valence-corrected chi connectivity index (χ2v) is 8.17. The van der Waals surface area contributed by atoms with Crippen LogP contribution >= 0.6 is 0 Å². The Morgan fingerprint density at radius 3 is 2.87 bits per heavy atom. The molecule has 1 N–H and O–H groups in total. The Balaban J connectivity index is 1.62. The van der Waals surface area contributed by atoms with Crippen LogP contribution in [0.25, 0.3) is 0 Å². The maximum atomic E-state index is 12.6. The van der Waals surface area contributed by atoms with Gasteiger partial charge in [0.05, 0.1) is 23.1 Å². The van der Waals surface area contributed by atoms with Crippen molar-refractivity contribution < 1.29 is 17.9 Å². The molecule has 7 heteroatoms. The van der Waals surface area contributed by atoms with E-state index in [4.69, 9.17) is 4.74 Å². The first-order valence-electron chi connectivity index (χ1n) is 8.12. The lowest BCUT2D eigenvalue weighted by Crippen LogP contribution is -2.32. The second-order valence-electron chi connectivity index (χ2n) is 6.40. The van der Waals surface area contributed by atoms with Crippen molar-refractivity contribution in [2.45, 2.75) is 43.1 Å². The maximum absolute atomic E-state index is 12.6. The average Bonchev–Trinajstić information content (AvgIpc) is 3.15. The molecule has 0 aromatic heterocycles. The number of hydrogen-bond donors (Lipinski definition) is 1. The van der Waals surface area contributed by atoms with Gasteiger partial charge in [-0.15, -0.1) is 0 Å². The minimum absolute atomic E-state index is 0.0328. The Morgan fingerprint density at radius 2 is 2.09 bits per heavy atom. The van der Waals surface area contributed by atoms with Gasteiger partial charge in [-0.1, -0.05) is 0 Å². The van der Waals surface area contributed by atoms with Crippen molar-refractivity contribution in [1.82, 2.24) is 4.72 Å². The summed E-state index contributed by atoms with van der Waals surface area (Å²) in [6.45, 7) is 1.75. The molecule has 1 aromatic carbocycles. The SMILES string of the molecule is O=C1Cc2cc(S(=O)(=O)NCC3CCCO3)cc3c2N1CCC3. The van der Waals surface area contributed by atoms with Gasteiger partial charge in [0.25, 0.3) is 0 Å². The van der Waals surface area contributed by atoms with Gasteiger partial charge < -0.3 is 9.64 Å². The van der Waals surface area contributed by atoms with Gasteiger partial charge in [0.15, 0.2) is 0 Å². The Bertz CT molecular complexity index is 754. The zero-order valence-electron chi connectivity index (χ0n) is 12.9. The van der Waals surface area contributed by atoms with Gasteiger partial charge in [-0.25, -0.2) is 13.1 Å². The summed E-state index contributed by atoms with van der Waals surface area (Å²) < 4.78 is 33.3. The summed E-state index contributed by atoms with van der Waals surface area (Å²) in [4.78, 5) is 14.1. The highest BCUT2D eigenvalue weighted by molar-refractivity contribution is 7.89. The van der Waals surface area contributed by atoms with Crippen LogP contribution in [0.1, 0.15) is 30.4 Å². The van der Waals surface area contributed by atoms with Crippen LogP contribution in [0.15, 0.2) is 17.0 Å². The van der Waals surface area contributed by atoms with E-state index in [1.807, 2.05) is 0 Å². The Hall–Kier alpha value is -1.44. The quantitative estimate of drug-likeness (QED) is 0.889. The molecular formula is C16H20N2O4S. The molecule has 3 aliphatic heterocycles. The van der Waals surface area contributed by atoms with Gasteiger partial charge in [0.2, 0.25) is 15.9 Å². The smallest absolute Gasteiger partial charge is 0.240 e. The molecule has 0 saturated carbocycles. The van der Waals surface area contributed by atoms with Crippen LogP contribution in [0.5, 0.6) is 0 Å². The van der Waals surface area contributed by atoms with Crippen LogP contribution in [0.2, 0.25) is 0 Å². The highest BCUT2D eigenvalue weighted by atomic mass is 32.2. The fraction of sp³-hybridized carbons (Fsp3) is 0.562. The van der Waals surface area contributed by atoms with E-state index in [1.54, 1.807) is 17.0 Å². The van der Waals surface area contributed by atoms with Crippen molar-refractivity contribution in [3.63, 3.8) is 0 Å². The summed E-state index contributed by atoms with van der Waals surface area (Å²) in [6.07, 6.45) is 3.84. The number of nitrogens with one attached hydrogen (secondary N) is 1. The fourth-order valence-electron chi connectivity index (χ4n) is 3.69. The summed E-state index contributed by atoms with van der Waals surface area (Å²) in [6, 6.07) is 3.38. The number of hydrogen-bond acceptors (Lipinski definition) is 4. The normalized spacial score (nSPS) is 23.4. The molecule has 1 amide bonds. The third kappa shape index (κ3) is 2.66. The molecule has 6 nitrogen and oxygen atoms in total. The summed E-state index contributed by atoms with van der Waals surface area (Å²) >= 11 is 0. The minimum Gasteiger partial charge on any atom is -0.377 e. The molecule has 1 saturated heterocycles. The van der Waals surface area contributed by atoms with Crippen molar-refractivity contribution in [2.24, 2.45) is 0 Å². The van der Waals surface area contributed by atoms with E-state index in [-0.39, 0.29) is 16.9 Å². The topological polar surface area (TPSA) is 75.7 Å². The summed E-state index contributed by atoms with van der Waals surface area (Å²) in [7, 11) is -3.57. The first kappa shape index (κ1) is 15.1. The molecule has 124 valence electrons. The van der Waals surface area contributed by atoms with Crippen LogP contribution in [0, 0.1) is 0 Å². The largest absolute Gasteiger partial charge is 0.377 e. The molecule has 0 spiro atoms. The van der Waals surface area contributed by atoms with E-state index >= 15 is 0 Å². The molecular weight excluding hydrogens is 316 g/mol. The predicted molar refractivity (Wildman–Crippen MR) is 85.0 cm³/mol. The molecule has 4 rings (SSSR count). The van der Waals surface area contributed by atoms with E-state index in [0.29, 0.717) is 19.6 Å². The van der Waals surface area contributed by atoms with Gasteiger partial charge in [-0.2, -0.15) is 0 Å². The molecule has 0 radical (unpaired) electrons. The van der Waals surface area contributed by atoms with E-state index in [2.05, 4.69) is 4.72 Å². The van der Waals surface area contributed by atoms with Gasteiger partial charge >= 0.3 is 0 Å². The zero-order chi connectivity index (χ0) is 16.0. The number of carbonyl (C=O) groups is 1. The number of rotatable bonds is 4. The lowest BCUT2D eigenvalue weighted by Gasteiger charge is -2.26. The predicted octanol–water partition coefficient (Wildman–Crippen LogP) is 0.979. The van der Waals surface area contributed by atoms with Gasteiger partial charge in [0, 0.05) is 19.7 Å². The van der Waals surface area contributed by atoms with E-state index in [1.165, 1.54) is 0 Å². The number of anilines is 1. The highest BCUT2D eigenvalue weighted by Gasteiger charge is 2.33. The molecule has 1 atom stereocenters. The summed E-state index contributed by atoms with van der Waals surface area (Å²) in [5.74, 6) is 0.0720. The molecule has 1 fully saturated rings. The van der Waals surface area contributed by atoms with Crippen molar-refractivity contribution in [3.05, 3.63) is 23.3 Å². The van der Waals surface area contributed by atoms with Gasteiger partial charge in [-0.05, 0) is 48.9 Å². The summed E-state index contributed by atoms with van der Waals surface area (Å²) in [5, 5.41) is 0. The van der Waals surface area contributed by atoms with Crippen molar-refractivity contribution in [2.75, 3.05) is 24.6 Å². The molecule has 1 unspecified atom stereocenters. The lowest BCUT2D eigenvalue weighted by atomic mass is 10.0. The van der Waals surface area contributed by atoms with Gasteiger partial charge in [-0.3, -0.25) is 4.79 Å². The first-order valence-corrected chi connectivity index (χ1v) is 9.60. The van der Waals surface area contributed by atoms with Crippen LogP contribution in [0.4, 0.5) is 5.69 Å². The minimum atomic E-state index is -3.57. The maximum Gasteiger partial charge on any atom is 0.240 e. The second kappa shape index (κ2) is 5.58. The van der Waals surface area contributed by atoms with Crippen LogP contribution in [-0.2, 0) is 32.4 Å². The third-order valence-corrected chi connectivity index (χ3v) is 6.22. The van der Waals surface area contributed by atoms with Crippen LogP contribution < -0.4 is 9.62 Å². The lowest BCUT2D eigenvalue weighted by molar-refractivity contribution is -0.117. The first-order chi connectivity index (χ1) is 11.0. The molecule has 0 bridgehead atoms. The van der Waals surface area contributed by atoms with E-state index in [0.717, 1.165) is 49.0 Å². The fourth-order valence-corrected chi connectivity index (χ4v) is 4.86.